The number of rotatable bonds is 5. The summed E-state index contributed by atoms with van der Waals surface area (Å²) >= 11 is 5.88. The van der Waals surface area contributed by atoms with Crippen LogP contribution in [0.2, 0.25) is 5.02 Å². The number of hydrogen-bond donors (Lipinski definition) is 2. The first-order valence-electron chi connectivity index (χ1n) is 8.07. The third-order valence-corrected chi connectivity index (χ3v) is 5.35. The zero-order chi connectivity index (χ0) is 20.1. The number of halogens is 1. The van der Waals surface area contributed by atoms with Gasteiger partial charge in [0.15, 0.2) is 0 Å². The van der Waals surface area contributed by atoms with E-state index in [2.05, 4.69) is 10.0 Å². The molecule has 3 aromatic carbocycles. The van der Waals surface area contributed by atoms with E-state index in [0.29, 0.717) is 22.0 Å². The lowest BCUT2D eigenvalue weighted by molar-refractivity contribution is 0.102. The molecule has 140 valence electrons. The lowest BCUT2D eigenvalue weighted by atomic mass is 10.2. The molecule has 0 bridgehead atoms. The predicted octanol–water partition coefficient (Wildman–Crippen LogP) is 4.26. The zero-order valence-electron chi connectivity index (χ0n) is 14.4. The molecular weight excluding hydrogens is 398 g/mol. The highest BCUT2D eigenvalue weighted by Gasteiger charge is 2.17. The standard InChI is InChI=1S/C20H14ClN3O3S/c21-16-6-3-8-18(12-16)24-28(26,27)19-9-2-5-15(11-19)20(25)23-17-7-1-4-14(10-17)13-22/h1-12,24H,(H,23,25). The summed E-state index contributed by atoms with van der Waals surface area (Å²) < 4.78 is 27.6. The smallest absolute Gasteiger partial charge is 0.261 e. The van der Waals surface area contributed by atoms with Gasteiger partial charge in [-0.1, -0.05) is 29.8 Å². The molecule has 0 aliphatic heterocycles. The molecule has 0 aromatic heterocycles. The van der Waals surface area contributed by atoms with Crippen LogP contribution < -0.4 is 10.0 Å². The summed E-state index contributed by atoms with van der Waals surface area (Å²) in [5.41, 5.74) is 1.32. The van der Waals surface area contributed by atoms with Crippen molar-refractivity contribution >= 4 is 38.9 Å². The van der Waals surface area contributed by atoms with E-state index in [4.69, 9.17) is 16.9 Å². The molecule has 0 heterocycles. The number of carbonyl (C=O) groups is 1. The van der Waals surface area contributed by atoms with Crippen molar-refractivity contribution < 1.29 is 13.2 Å². The van der Waals surface area contributed by atoms with Crippen LogP contribution in [0.4, 0.5) is 11.4 Å². The van der Waals surface area contributed by atoms with Crippen molar-refractivity contribution in [3.8, 4) is 6.07 Å². The Morgan fingerprint density at radius 3 is 2.39 bits per heavy atom. The first-order valence-corrected chi connectivity index (χ1v) is 9.93. The number of nitrogens with zero attached hydrogens (tertiary/aromatic N) is 1. The van der Waals surface area contributed by atoms with Crippen molar-refractivity contribution in [2.24, 2.45) is 0 Å². The molecule has 6 nitrogen and oxygen atoms in total. The Morgan fingerprint density at radius 2 is 1.64 bits per heavy atom. The highest BCUT2D eigenvalue weighted by Crippen LogP contribution is 2.20. The molecule has 0 unspecified atom stereocenters. The SMILES string of the molecule is N#Cc1cccc(NC(=O)c2cccc(S(=O)(=O)Nc3cccc(Cl)c3)c2)c1. The zero-order valence-corrected chi connectivity index (χ0v) is 16.0. The number of anilines is 2. The molecule has 1 amide bonds. The second kappa shape index (κ2) is 8.13. The van der Waals surface area contributed by atoms with Crippen molar-refractivity contribution in [1.29, 1.82) is 5.26 Å². The number of nitrogens with one attached hydrogen (secondary N) is 2. The van der Waals surface area contributed by atoms with Crippen LogP contribution in [0, 0.1) is 11.3 Å². The van der Waals surface area contributed by atoms with Crippen molar-refractivity contribution in [2.45, 2.75) is 4.90 Å². The molecule has 0 aliphatic rings. The summed E-state index contributed by atoms with van der Waals surface area (Å²) in [7, 11) is -3.90. The van der Waals surface area contributed by atoms with Crippen molar-refractivity contribution in [1.82, 2.24) is 0 Å². The summed E-state index contributed by atoms with van der Waals surface area (Å²) in [4.78, 5) is 12.4. The second-order valence-corrected chi connectivity index (χ2v) is 7.91. The molecule has 28 heavy (non-hydrogen) atoms. The number of sulfonamides is 1. The van der Waals surface area contributed by atoms with E-state index in [1.807, 2.05) is 6.07 Å². The van der Waals surface area contributed by atoms with Crippen LogP contribution >= 0.6 is 11.6 Å². The molecule has 2 N–H and O–H groups in total. The molecule has 0 saturated heterocycles. The Labute approximate surface area is 167 Å². The minimum atomic E-state index is -3.90. The van der Waals surface area contributed by atoms with E-state index in [-0.39, 0.29) is 10.5 Å². The van der Waals surface area contributed by atoms with Crippen molar-refractivity contribution in [2.75, 3.05) is 10.0 Å². The average molecular weight is 412 g/mol. The fraction of sp³-hybridized carbons (Fsp3) is 0. The van der Waals surface area contributed by atoms with Crippen LogP contribution in [-0.4, -0.2) is 14.3 Å². The molecule has 0 saturated carbocycles. The van der Waals surface area contributed by atoms with Crippen LogP contribution in [0.1, 0.15) is 15.9 Å². The lowest BCUT2D eigenvalue weighted by Gasteiger charge is -2.10. The van der Waals surface area contributed by atoms with Crippen LogP contribution in [0.25, 0.3) is 0 Å². The maximum absolute atomic E-state index is 12.6. The van der Waals surface area contributed by atoms with Gasteiger partial charge in [-0.15, -0.1) is 0 Å². The van der Waals surface area contributed by atoms with Crippen LogP contribution in [0.15, 0.2) is 77.7 Å². The van der Waals surface area contributed by atoms with Gasteiger partial charge >= 0.3 is 0 Å². The molecule has 8 heteroatoms. The Kier molecular flexibility index (Phi) is 5.64. The number of hydrogen-bond acceptors (Lipinski definition) is 4. The lowest BCUT2D eigenvalue weighted by Crippen LogP contribution is -2.16. The third kappa shape index (κ3) is 4.68. The maximum atomic E-state index is 12.6. The fourth-order valence-electron chi connectivity index (χ4n) is 2.44. The van der Waals surface area contributed by atoms with Gasteiger partial charge in [-0.2, -0.15) is 5.26 Å². The molecule has 0 spiro atoms. The molecule has 3 aromatic rings. The Hall–Kier alpha value is -3.34. The highest BCUT2D eigenvalue weighted by molar-refractivity contribution is 7.92. The number of benzene rings is 3. The van der Waals surface area contributed by atoms with Gasteiger partial charge in [0.1, 0.15) is 0 Å². The summed E-state index contributed by atoms with van der Waals surface area (Å²) in [5.74, 6) is -0.491. The molecule has 0 fully saturated rings. The minimum Gasteiger partial charge on any atom is -0.322 e. The van der Waals surface area contributed by atoms with Gasteiger partial charge in [0, 0.05) is 16.3 Å². The number of carbonyl (C=O) groups excluding carboxylic acids is 1. The van der Waals surface area contributed by atoms with Crippen LogP contribution in [-0.2, 0) is 10.0 Å². The second-order valence-electron chi connectivity index (χ2n) is 5.79. The fourth-order valence-corrected chi connectivity index (χ4v) is 3.73. The molecule has 3 rings (SSSR count). The summed E-state index contributed by atoms with van der Waals surface area (Å²) in [6.45, 7) is 0. The topological polar surface area (TPSA) is 99.1 Å². The highest BCUT2D eigenvalue weighted by atomic mass is 35.5. The van der Waals surface area contributed by atoms with E-state index in [0.717, 1.165) is 0 Å². The molecular formula is C20H14ClN3O3S. The first-order chi connectivity index (χ1) is 13.4. The number of amides is 1. The van der Waals surface area contributed by atoms with Crippen molar-refractivity contribution in [3.63, 3.8) is 0 Å². The van der Waals surface area contributed by atoms with Gasteiger partial charge in [-0.05, 0) is 54.6 Å². The van der Waals surface area contributed by atoms with E-state index < -0.39 is 15.9 Å². The van der Waals surface area contributed by atoms with Gasteiger partial charge < -0.3 is 5.32 Å². The summed E-state index contributed by atoms with van der Waals surface area (Å²) in [5, 5.41) is 12.0. The summed E-state index contributed by atoms with van der Waals surface area (Å²) in [6, 6.07) is 20.4. The third-order valence-electron chi connectivity index (χ3n) is 3.73. The van der Waals surface area contributed by atoms with Crippen molar-refractivity contribution in [3.05, 3.63) is 88.9 Å². The predicted molar refractivity (Wildman–Crippen MR) is 108 cm³/mol. The molecule has 0 atom stereocenters. The Bertz CT molecular complexity index is 1190. The quantitative estimate of drug-likeness (QED) is 0.655. The number of nitriles is 1. The normalized spacial score (nSPS) is 10.7. The molecule has 0 aliphatic carbocycles. The van der Waals surface area contributed by atoms with Gasteiger partial charge in [-0.3, -0.25) is 9.52 Å². The van der Waals surface area contributed by atoms with Gasteiger partial charge in [0.25, 0.3) is 15.9 Å². The Morgan fingerprint density at radius 1 is 0.929 bits per heavy atom. The average Bonchev–Trinajstić information content (AvgIpc) is 2.68. The van der Waals surface area contributed by atoms with Gasteiger partial charge in [0.2, 0.25) is 0 Å². The largest absolute Gasteiger partial charge is 0.322 e. The van der Waals surface area contributed by atoms with Crippen LogP contribution in [0.3, 0.4) is 0 Å². The minimum absolute atomic E-state index is 0.0640. The first kappa shape index (κ1) is 19.4. The van der Waals surface area contributed by atoms with E-state index in [1.54, 1.807) is 36.4 Å². The molecule has 0 radical (unpaired) electrons. The Balaban J connectivity index is 1.82. The summed E-state index contributed by atoms with van der Waals surface area (Å²) in [6.07, 6.45) is 0. The van der Waals surface area contributed by atoms with Gasteiger partial charge in [-0.25, -0.2) is 8.42 Å². The monoisotopic (exact) mass is 411 g/mol. The van der Waals surface area contributed by atoms with E-state index >= 15 is 0 Å². The maximum Gasteiger partial charge on any atom is 0.261 e. The van der Waals surface area contributed by atoms with E-state index in [1.165, 1.54) is 36.4 Å². The van der Waals surface area contributed by atoms with Gasteiger partial charge in [0.05, 0.1) is 22.2 Å². The van der Waals surface area contributed by atoms with Crippen LogP contribution in [0.5, 0.6) is 0 Å². The van der Waals surface area contributed by atoms with E-state index in [9.17, 15) is 13.2 Å².